The van der Waals surface area contributed by atoms with Gasteiger partial charge in [0.15, 0.2) is 0 Å². The van der Waals surface area contributed by atoms with Crippen molar-refractivity contribution in [3.8, 4) is 0 Å². The average Bonchev–Trinajstić information content (AvgIpc) is 3.39. The first kappa shape index (κ1) is 64.7. The SMILES string of the molecule is O=C(CCSSCCC(=O)NCCOCCOCCOCCOCCOCCOCCC(=O)OCc1ccccc1)NCCOCCOCCOCCOCCOCCOCCC(=O)OCc1ccccc1. The van der Waals surface area contributed by atoms with Crippen LogP contribution in [-0.4, -0.2) is 207 Å². The van der Waals surface area contributed by atoms with Crippen molar-refractivity contribution in [3.63, 3.8) is 0 Å². The van der Waals surface area contributed by atoms with Gasteiger partial charge in [-0.1, -0.05) is 82.3 Å². The number of esters is 2. The fourth-order valence-corrected chi connectivity index (χ4v) is 7.40. The quantitative estimate of drug-likeness (QED) is 0.0546. The molecule has 0 radical (unpaired) electrons. The molecule has 20 nitrogen and oxygen atoms in total. The van der Waals surface area contributed by atoms with Crippen LogP contribution in [0.4, 0.5) is 0 Å². The van der Waals surface area contributed by atoms with Crippen LogP contribution in [0, 0.1) is 0 Å². The molecule has 0 aliphatic heterocycles. The summed E-state index contributed by atoms with van der Waals surface area (Å²) in [4.78, 5) is 47.7. The Balaban J connectivity index is 1.16. The van der Waals surface area contributed by atoms with Crippen LogP contribution in [-0.2, 0) is 98.7 Å². The summed E-state index contributed by atoms with van der Waals surface area (Å²) < 4.78 is 76.1. The van der Waals surface area contributed by atoms with Gasteiger partial charge in [-0.05, 0) is 11.1 Å². The molecule has 0 unspecified atom stereocenters. The third kappa shape index (κ3) is 45.2. The van der Waals surface area contributed by atoms with E-state index >= 15 is 0 Å². The summed E-state index contributed by atoms with van der Waals surface area (Å²) >= 11 is 0. The van der Waals surface area contributed by atoms with Crippen LogP contribution < -0.4 is 10.6 Å². The summed E-state index contributed by atoms with van der Waals surface area (Å²) in [5, 5.41) is 5.68. The number of amides is 2. The molecule has 22 heteroatoms. The number of benzene rings is 2. The van der Waals surface area contributed by atoms with E-state index in [4.69, 9.17) is 66.3 Å². The highest BCUT2D eigenvalue weighted by molar-refractivity contribution is 8.76. The minimum absolute atomic E-state index is 0.0423. The van der Waals surface area contributed by atoms with Crippen molar-refractivity contribution in [3.05, 3.63) is 71.8 Å². The summed E-state index contributed by atoms with van der Waals surface area (Å²) in [5.41, 5.74) is 1.90. The second-order valence-corrected chi connectivity index (χ2v) is 17.7. The van der Waals surface area contributed by atoms with E-state index in [1.807, 2.05) is 60.7 Å². The molecule has 0 bridgehead atoms. The Bertz CT molecular complexity index is 1450. The van der Waals surface area contributed by atoms with Crippen molar-refractivity contribution in [2.45, 2.75) is 38.9 Å². The topological polar surface area (TPSA) is 222 Å². The number of nitrogens with one attached hydrogen (secondary N) is 2. The molecule has 0 saturated heterocycles. The molecule has 410 valence electrons. The van der Waals surface area contributed by atoms with Gasteiger partial charge in [-0.2, -0.15) is 0 Å². The van der Waals surface area contributed by atoms with E-state index in [0.717, 1.165) is 11.1 Å². The van der Waals surface area contributed by atoms with Crippen molar-refractivity contribution < 1.29 is 85.5 Å². The average molecular weight is 1060 g/mol. The largest absolute Gasteiger partial charge is 0.461 e. The van der Waals surface area contributed by atoms with Gasteiger partial charge in [0.05, 0.1) is 171 Å². The van der Waals surface area contributed by atoms with Crippen LogP contribution >= 0.6 is 21.6 Å². The number of hydrogen-bond acceptors (Lipinski definition) is 20. The molecule has 0 spiro atoms. The molecular weight excluding hydrogens is 981 g/mol. The molecular formula is C50H80N2O18S2. The van der Waals surface area contributed by atoms with Gasteiger partial charge in [-0.15, -0.1) is 0 Å². The molecule has 0 aromatic heterocycles. The molecule has 0 saturated carbocycles. The van der Waals surface area contributed by atoms with Crippen LogP contribution in [0.1, 0.15) is 36.8 Å². The lowest BCUT2D eigenvalue weighted by Crippen LogP contribution is -2.28. The lowest BCUT2D eigenvalue weighted by Gasteiger charge is -2.09. The lowest BCUT2D eigenvalue weighted by molar-refractivity contribution is -0.147. The molecule has 0 heterocycles. The minimum atomic E-state index is -0.295. The molecule has 0 atom stereocenters. The second kappa shape index (κ2) is 51.0. The van der Waals surface area contributed by atoms with Crippen LogP contribution in [0.2, 0.25) is 0 Å². The Hall–Kier alpha value is -3.46. The van der Waals surface area contributed by atoms with Crippen LogP contribution in [0.25, 0.3) is 0 Å². The summed E-state index contributed by atoms with van der Waals surface area (Å²) in [7, 11) is 3.13. The van der Waals surface area contributed by atoms with E-state index in [9.17, 15) is 19.2 Å². The summed E-state index contributed by atoms with van der Waals surface area (Å²) in [6.07, 6.45) is 1.17. The number of carbonyl (C=O) groups excluding carboxylic acids is 4. The fourth-order valence-electron chi connectivity index (χ4n) is 5.42. The van der Waals surface area contributed by atoms with Gasteiger partial charge in [0, 0.05) is 37.4 Å². The normalized spacial score (nSPS) is 11.2. The molecule has 2 N–H and O–H groups in total. The first-order chi connectivity index (χ1) is 35.5. The maximum absolute atomic E-state index is 12.1. The number of ether oxygens (including phenoxy) is 14. The van der Waals surface area contributed by atoms with Gasteiger partial charge in [-0.3, -0.25) is 19.2 Å². The Kier molecular flexibility index (Phi) is 45.8. The number of hydrogen-bond donors (Lipinski definition) is 2. The standard InChI is InChI=1S/C50H80N2O18S2/c53-47(51-15-19-59-23-27-63-31-35-67-39-37-65-33-29-61-25-21-57-17-11-49(55)69-43-45-7-3-1-4-8-45)13-41-71-72-42-14-48(54)52-16-20-60-24-28-64-32-36-68-40-38-66-34-30-62-26-22-58-18-12-50(56)70-44-46-9-5-2-6-10-46/h1-10H,11-44H2,(H,51,53)(H,52,54). The smallest absolute Gasteiger partial charge is 0.308 e. The predicted molar refractivity (Wildman–Crippen MR) is 272 cm³/mol. The highest BCUT2D eigenvalue weighted by Crippen LogP contribution is 2.22. The zero-order valence-electron chi connectivity index (χ0n) is 42.0. The van der Waals surface area contributed by atoms with Crippen LogP contribution in [0.15, 0.2) is 60.7 Å². The maximum Gasteiger partial charge on any atom is 0.308 e. The molecule has 2 rings (SSSR count). The van der Waals surface area contributed by atoms with Crippen LogP contribution in [0.3, 0.4) is 0 Å². The highest BCUT2D eigenvalue weighted by Gasteiger charge is 2.07. The predicted octanol–water partition coefficient (Wildman–Crippen LogP) is 3.85. The Morgan fingerprint density at radius 3 is 0.847 bits per heavy atom. The molecule has 0 fully saturated rings. The van der Waals surface area contributed by atoms with Crippen molar-refractivity contribution in [2.75, 3.05) is 183 Å². The summed E-state index contributed by atoms with van der Waals surface area (Å²) in [5.74, 6) is 0.623. The van der Waals surface area contributed by atoms with Gasteiger partial charge in [0.1, 0.15) is 13.2 Å². The first-order valence-corrected chi connectivity index (χ1v) is 27.1. The van der Waals surface area contributed by atoms with Crippen LogP contribution in [0.5, 0.6) is 0 Å². The van der Waals surface area contributed by atoms with E-state index < -0.39 is 0 Å². The first-order valence-electron chi connectivity index (χ1n) is 24.6. The molecule has 2 aromatic rings. The third-order valence-corrected chi connectivity index (χ3v) is 11.6. The summed E-state index contributed by atoms with van der Waals surface area (Å²) in [6, 6.07) is 19.1. The molecule has 2 aromatic carbocycles. The lowest BCUT2D eigenvalue weighted by atomic mass is 10.2. The van der Waals surface area contributed by atoms with E-state index in [-0.39, 0.29) is 63.0 Å². The zero-order chi connectivity index (χ0) is 51.3. The van der Waals surface area contributed by atoms with E-state index in [1.165, 1.54) is 0 Å². The molecule has 2 amide bonds. The highest BCUT2D eigenvalue weighted by atomic mass is 33.1. The van der Waals surface area contributed by atoms with Gasteiger partial charge in [0.2, 0.25) is 11.8 Å². The molecule has 0 aliphatic carbocycles. The van der Waals surface area contributed by atoms with Gasteiger partial charge in [-0.25, -0.2) is 0 Å². The number of carbonyl (C=O) groups is 4. The third-order valence-electron chi connectivity index (χ3n) is 9.15. The van der Waals surface area contributed by atoms with E-state index in [0.29, 0.717) is 183 Å². The summed E-state index contributed by atoms with van der Waals surface area (Å²) in [6.45, 7) is 11.4. The zero-order valence-corrected chi connectivity index (χ0v) is 43.6. The van der Waals surface area contributed by atoms with Crippen molar-refractivity contribution in [2.24, 2.45) is 0 Å². The van der Waals surface area contributed by atoms with Crippen molar-refractivity contribution in [1.82, 2.24) is 10.6 Å². The fraction of sp³-hybridized carbons (Fsp3) is 0.680. The minimum Gasteiger partial charge on any atom is -0.461 e. The Morgan fingerprint density at radius 1 is 0.319 bits per heavy atom. The van der Waals surface area contributed by atoms with E-state index in [1.54, 1.807) is 21.6 Å². The van der Waals surface area contributed by atoms with Gasteiger partial charge < -0.3 is 76.9 Å². The van der Waals surface area contributed by atoms with Gasteiger partial charge >= 0.3 is 11.9 Å². The van der Waals surface area contributed by atoms with Crippen molar-refractivity contribution in [1.29, 1.82) is 0 Å². The monoisotopic (exact) mass is 1060 g/mol. The molecule has 72 heavy (non-hydrogen) atoms. The van der Waals surface area contributed by atoms with Crippen molar-refractivity contribution >= 4 is 45.3 Å². The second-order valence-electron chi connectivity index (χ2n) is 15.0. The Morgan fingerprint density at radius 2 is 0.569 bits per heavy atom. The Labute approximate surface area is 433 Å². The maximum atomic E-state index is 12.1. The van der Waals surface area contributed by atoms with E-state index in [2.05, 4.69) is 10.6 Å². The molecule has 0 aliphatic rings. The van der Waals surface area contributed by atoms with Gasteiger partial charge in [0.25, 0.3) is 0 Å². The number of rotatable bonds is 53.